The summed E-state index contributed by atoms with van der Waals surface area (Å²) in [6, 6.07) is 10.6. The molecule has 1 heterocycles. The van der Waals surface area contributed by atoms with Crippen molar-refractivity contribution >= 4 is 0 Å². The van der Waals surface area contributed by atoms with E-state index in [1.165, 1.54) is 11.1 Å². The van der Waals surface area contributed by atoms with Crippen molar-refractivity contribution in [1.82, 2.24) is 9.97 Å². The highest BCUT2D eigenvalue weighted by atomic mass is 14.8. The monoisotopic (exact) mass is 198 g/mol. The highest BCUT2D eigenvalue weighted by Crippen LogP contribution is 2.06. The molecule has 0 radical (unpaired) electrons. The second kappa shape index (κ2) is 5.25. The molecule has 0 bridgehead atoms. The van der Waals surface area contributed by atoms with Gasteiger partial charge in [0, 0.05) is 12.4 Å². The third kappa shape index (κ3) is 3.17. The van der Waals surface area contributed by atoms with Crippen molar-refractivity contribution in [2.24, 2.45) is 0 Å². The molecule has 0 saturated heterocycles. The molecule has 0 fully saturated rings. The van der Waals surface area contributed by atoms with Gasteiger partial charge in [-0.3, -0.25) is 0 Å². The number of aryl methyl sites for hydroxylation is 2. The van der Waals surface area contributed by atoms with Gasteiger partial charge in [-0.1, -0.05) is 30.3 Å². The number of rotatable bonds is 4. The molecule has 2 nitrogen and oxygen atoms in total. The van der Waals surface area contributed by atoms with E-state index in [1.54, 1.807) is 6.33 Å². The molecule has 1 aromatic carbocycles. The van der Waals surface area contributed by atoms with E-state index in [2.05, 4.69) is 40.3 Å². The highest BCUT2D eigenvalue weighted by Gasteiger charge is 1.94. The van der Waals surface area contributed by atoms with Crippen LogP contribution in [-0.2, 0) is 12.8 Å². The second-order valence-corrected chi connectivity index (χ2v) is 3.59. The summed E-state index contributed by atoms with van der Waals surface area (Å²) in [4.78, 5) is 8.00. The molecule has 0 atom stereocenters. The summed E-state index contributed by atoms with van der Waals surface area (Å²) in [7, 11) is 0. The van der Waals surface area contributed by atoms with Crippen LogP contribution in [0.5, 0.6) is 0 Å². The molecule has 0 aliphatic carbocycles. The lowest BCUT2D eigenvalue weighted by molar-refractivity contribution is 0.811. The summed E-state index contributed by atoms with van der Waals surface area (Å²) >= 11 is 0. The minimum atomic E-state index is 1.05. The van der Waals surface area contributed by atoms with Crippen LogP contribution in [0.1, 0.15) is 17.5 Å². The van der Waals surface area contributed by atoms with Crippen LogP contribution in [-0.4, -0.2) is 9.97 Å². The van der Waals surface area contributed by atoms with Gasteiger partial charge in [0.1, 0.15) is 6.33 Å². The number of hydrogen-bond donors (Lipinski definition) is 0. The van der Waals surface area contributed by atoms with Gasteiger partial charge in [-0.2, -0.15) is 0 Å². The maximum absolute atomic E-state index is 4.00. The Balaban J connectivity index is 1.81. The maximum atomic E-state index is 4.00. The van der Waals surface area contributed by atoms with Gasteiger partial charge in [0.25, 0.3) is 0 Å². The zero-order chi connectivity index (χ0) is 10.3. The fourth-order valence-electron chi connectivity index (χ4n) is 1.60. The van der Waals surface area contributed by atoms with Gasteiger partial charge in [0.05, 0.1) is 0 Å². The van der Waals surface area contributed by atoms with Gasteiger partial charge < -0.3 is 0 Å². The van der Waals surface area contributed by atoms with Crippen molar-refractivity contribution in [1.29, 1.82) is 0 Å². The highest BCUT2D eigenvalue weighted by molar-refractivity contribution is 5.15. The zero-order valence-corrected chi connectivity index (χ0v) is 8.63. The first-order valence-corrected chi connectivity index (χ1v) is 5.23. The fraction of sp³-hybridized carbons (Fsp3) is 0.231. The molecule has 76 valence electrons. The van der Waals surface area contributed by atoms with Crippen LogP contribution in [0.4, 0.5) is 0 Å². The Hall–Kier alpha value is -1.70. The van der Waals surface area contributed by atoms with Crippen LogP contribution < -0.4 is 0 Å². The van der Waals surface area contributed by atoms with E-state index in [-0.39, 0.29) is 0 Å². The average molecular weight is 198 g/mol. The number of aromatic nitrogens is 2. The molecule has 0 unspecified atom stereocenters. The molecule has 0 saturated carbocycles. The van der Waals surface area contributed by atoms with Gasteiger partial charge in [0.2, 0.25) is 0 Å². The summed E-state index contributed by atoms with van der Waals surface area (Å²) in [6.45, 7) is 0. The van der Waals surface area contributed by atoms with E-state index in [1.807, 2.05) is 12.4 Å². The molecule has 1 aromatic heterocycles. The van der Waals surface area contributed by atoms with Gasteiger partial charge in [-0.05, 0) is 30.4 Å². The van der Waals surface area contributed by atoms with Gasteiger partial charge in [-0.25, -0.2) is 9.97 Å². The van der Waals surface area contributed by atoms with Crippen molar-refractivity contribution in [3.8, 4) is 0 Å². The fourth-order valence-corrected chi connectivity index (χ4v) is 1.60. The predicted octanol–water partition coefficient (Wildman–Crippen LogP) is 2.65. The summed E-state index contributed by atoms with van der Waals surface area (Å²) in [5.74, 6) is 0. The third-order valence-corrected chi connectivity index (χ3v) is 2.39. The first-order chi connectivity index (χ1) is 7.45. The van der Waals surface area contributed by atoms with E-state index in [0.717, 1.165) is 19.3 Å². The minimum Gasteiger partial charge on any atom is -0.245 e. The Morgan fingerprint density at radius 1 is 0.800 bits per heavy atom. The molecular formula is C13H14N2. The van der Waals surface area contributed by atoms with E-state index in [0.29, 0.717) is 0 Å². The molecule has 0 spiro atoms. The van der Waals surface area contributed by atoms with E-state index in [9.17, 15) is 0 Å². The normalized spacial score (nSPS) is 10.1. The zero-order valence-electron chi connectivity index (χ0n) is 8.63. The summed E-state index contributed by atoms with van der Waals surface area (Å²) in [6.07, 6.45) is 8.67. The van der Waals surface area contributed by atoms with Crippen molar-refractivity contribution < 1.29 is 0 Å². The van der Waals surface area contributed by atoms with E-state index >= 15 is 0 Å². The molecule has 0 N–H and O–H groups in total. The number of benzene rings is 1. The second-order valence-electron chi connectivity index (χ2n) is 3.59. The molecule has 0 amide bonds. The van der Waals surface area contributed by atoms with Gasteiger partial charge in [0.15, 0.2) is 0 Å². The van der Waals surface area contributed by atoms with Crippen LogP contribution in [0.25, 0.3) is 0 Å². The Kier molecular flexibility index (Phi) is 3.44. The first-order valence-electron chi connectivity index (χ1n) is 5.23. The Labute approximate surface area is 90.0 Å². The van der Waals surface area contributed by atoms with Crippen LogP contribution in [0, 0.1) is 0 Å². The molecule has 0 aliphatic heterocycles. The standard InChI is InChI=1S/C13H14N2/c1-2-5-12(6-3-1)7-4-8-13-9-14-11-15-10-13/h1-3,5-6,9-11H,4,7-8H2. The SMILES string of the molecule is c1ccc(CCCc2cncnc2)cc1. The van der Waals surface area contributed by atoms with Crippen LogP contribution >= 0.6 is 0 Å². The average Bonchev–Trinajstić information content (AvgIpc) is 2.32. The number of hydrogen-bond acceptors (Lipinski definition) is 2. The maximum Gasteiger partial charge on any atom is 0.115 e. The van der Waals surface area contributed by atoms with Crippen LogP contribution in [0.3, 0.4) is 0 Å². The molecular weight excluding hydrogens is 184 g/mol. The van der Waals surface area contributed by atoms with Crippen molar-refractivity contribution in [2.45, 2.75) is 19.3 Å². The lowest BCUT2D eigenvalue weighted by Crippen LogP contribution is -1.91. The van der Waals surface area contributed by atoms with Gasteiger partial charge in [-0.15, -0.1) is 0 Å². The van der Waals surface area contributed by atoms with Crippen molar-refractivity contribution in [3.05, 3.63) is 60.2 Å². The smallest absolute Gasteiger partial charge is 0.115 e. The molecule has 2 aromatic rings. The van der Waals surface area contributed by atoms with Crippen molar-refractivity contribution in [2.75, 3.05) is 0 Å². The molecule has 0 aliphatic rings. The Morgan fingerprint density at radius 2 is 1.47 bits per heavy atom. The number of nitrogens with zero attached hydrogens (tertiary/aromatic N) is 2. The summed E-state index contributed by atoms with van der Waals surface area (Å²) in [5, 5.41) is 0. The third-order valence-electron chi connectivity index (χ3n) is 2.39. The lowest BCUT2D eigenvalue weighted by atomic mass is 10.1. The first kappa shape index (κ1) is 9.84. The quantitative estimate of drug-likeness (QED) is 0.754. The van der Waals surface area contributed by atoms with Crippen LogP contribution in [0.15, 0.2) is 49.1 Å². The topological polar surface area (TPSA) is 25.8 Å². The largest absolute Gasteiger partial charge is 0.245 e. The summed E-state index contributed by atoms with van der Waals surface area (Å²) < 4.78 is 0. The Morgan fingerprint density at radius 3 is 2.20 bits per heavy atom. The Bertz CT molecular complexity index is 344. The summed E-state index contributed by atoms with van der Waals surface area (Å²) in [5.41, 5.74) is 2.61. The lowest BCUT2D eigenvalue weighted by Gasteiger charge is -2.00. The predicted molar refractivity (Wildman–Crippen MR) is 60.5 cm³/mol. The molecule has 15 heavy (non-hydrogen) atoms. The minimum absolute atomic E-state index is 1.05. The van der Waals surface area contributed by atoms with E-state index in [4.69, 9.17) is 0 Å². The van der Waals surface area contributed by atoms with Crippen molar-refractivity contribution in [3.63, 3.8) is 0 Å². The van der Waals surface area contributed by atoms with Crippen LogP contribution in [0.2, 0.25) is 0 Å². The molecule has 2 heteroatoms. The van der Waals surface area contributed by atoms with E-state index < -0.39 is 0 Å². The van der Waals surface area contributed by atoms with Gasteiger partial charge >= 0.3 is 0 Å². The molecule has 2 rings (SSSR count).